The van der Waals surface area contributed by atoms with E-state index >= 15 is 0 Å². The first-order chi connectivity index (χ1) is 8.61. The number of benzene rings is 1. The summed E-state index contributed by atoms with van der Waals surface area (Å²) in [6.07, 6.45) is 3.19. The average Bonchev–Trinajstić information content (AvgIpc) is 2.39. The van der Waals surface area contributed by atoms with Crippen molar-refractivity contribution in [2.24, 2.45) is 0 Å². The van der Waals surface area contributed by atoms with Crippen LogP contribution in [0.15, 0.2) is 24.3 Å². The molecule has 1 aromatic rings. The van der Waals surface area contributed by atoms with E-state index in [1.165, 1.54) is 0 Å². The van der Waals surface area contributed by atoms with Gasteiger partial charge in [0.2, 0.25) is 0 Å². The van der Waals surface area contributed by atoms with Crippen LogP contribution >= 0.6 is 0 Å². The Balaban J connectivity index is 2.91. The highest BCUT2D eigenvalue weighted by molar-refractivity contribution is 5.95. The van der Waals surface area contributed by atoms with Crippen LogP contribution in [0.4, 0.5) is 0 Å². The quantitative estimate of drug-likeness (QED) is 0.743. The predicted octanol–water partition coefficient (Wildman–Crippen LogP) is 4.04. The molecule has 100 valence electrons. The highest BCUT2D eigenvalue weighted by Gasteiger charge is 2.20. The molecule has 0 bridgehead atoms. The lowest BCUT2D eigenvalue weighted by molar-refractivity contribution is 0.0684. The molecule has 0 N–H and O–H groups in total. The van der Waals surface area contributed by atoms with Crippen LogP contribution in [0.1, 0.15) is 56.0 Å². The van der Waals surface area contributed by atoms with E-state index in [4.69, 9.17) is 0 Å². The molecule has 18 heavy (non-hydrogen) atoms. The fraction of sp³-hybridized carbons (Fsp3) is 0.562. The van der Waals surface area contributed by atoms with Crippen molar-refractivity contribution < 1.29 is 4.79 Å². The van der Waals surface area contributed by atoms with Crippen molar-refractivity contribution >= 4 is 5.91 Å². The van der Waals surface area contributed by atoms with Gasteiger partial charge in [-0.25, -0.2) is 0 Å². The Labute approximate surface area is 111 Å². The van der Waals surface area contributed by atoms with Crippen molar-refractivity contribution in [2.45, 2.75) is 53.0 Å². The molecule has 1 unspecified atom stereocenters. The van der Waals surface area contributed by atoms with E-state index < -0.39 is 0 Å². The summed E-state index contributed by atoms with van der Waals surface area (Å²) < 4.78 is 0. The summed E-state index contributed by atoms with van der Waals surface area (Å²) in [5.74, 6) is 0.177. The molecular formula is C16H25NO. The number of rotatable bonds is 6. The summed E-state index contributed by atoms with van der Waals surface area (Å²) in [6, 6.07) is 8.16. The monoisotopic (exact) mass is 247 g/mol. The molecule has 0 aromatic heterocycles. The van der Waals surface area contributed by atoms with Crippen LogP contribution in [0.2, 0.25) is 0 Å². The molecule has 0 spiro atoms. The Hall–Kier alpha value is -1.31. The number of nitrogens with zero attached hydrogens (tertiary/aromatic N) is 1. The first-order valence-electron chi connectivity index (χ1n) is 6.98. The maximum atomic E-state index is 12.6. The highest BCUT2D eigenvalue weighted by atomic mass is 16.2. The predicted molar refractivity (Wildman–Crippen MR) is 76.9 cm³/mol. The van der Waals surface area contributed by atoms with Crippen LogP contribution in [-0.2, 0) is 0 Å². The number of unbranched alkanes of at least 4 members (excludes halogenated alkanes) is 1. The summed E-state index contributed by atoms with van der Waals surface area (Å²) in [5, 5.41) is 0. The minimum absolute atomic E-state index is 0.177. The van der Waals surface area contributed by atoms with Crippen molar-refractivity contribution in [3.8, 4) is 0 Å². The topological polar surface area (TPSA) is 20.3 Å². The fourth-order valence-electron chi connectivity index (χ4n) is 2.04. The van der Waals surface area contributed by atoms with Crippen LogP contribution in [-0.4, -0.2) is 23.4 Å². The number of hydrogen-bond acceptors (Lipinski definition) is 1. The SMILES string of the molecule is CCCCN(C(=O)c1ccccc1C)C(C)CC. The third-order valence-electron chi connectivity index (χ3n) is 3.51. The molecule has 0 saturated carbocycles. The minimum atomic E-state index is 0.177. The van der Waals surface area contributed by atoms with Gasteiger partial charge in [0.15, 0.2) is 0 Å². The number of carbonyl (C=O) groups excluding carboxylic acids is 1. The van der Waals surface area contributed by atoms with Gasteiger partial charge in [0, 0.05) is 18.2 Å². The Kier molecular flexibility index (Phi) is 5.90. The van der Waals surface area contributed by atoms with Gasteiger partial charge < -0.3 is 4.90 Å². The zero-order valence-electron chi connectivity index (χ0n) is 12.1. The van der Waals surface area contributed by atoms with E-state index in [9.17, 15) is 4.79 Å². The van der Waals surface area contributed by atoms with Crippen LogP contribution in [0.25, 0.3) is 0 Å². The largest absolute Gasteiger partial charge is 0.336 e. The third kappa shape index (κ3) is 3.59. The van der Waals surface area contributed by atoms with Gasteiger partial charge in [-0.05, 0) is 38.3 Å². The zero-order valence-corrected chi connectivity index (χ0v) is 12.1. The van der Waals surface area contributed by atoms with Crippen molar-refractivity contribution in [3.05, 3.63) is 35.4 Å². The normalized spacial score (nSPS) is 12.2. The van der Waals surface area contributed by atoms with E-state index in [0.29, 0.717) is 6.04 Å². The second kappa shape index (κ2) is 7.20. The van der Waals surface area contributed by atoms with Gasteiger partial charge in [0.1, 0.15) is 0 Å². The van der Waals surface area contributed by atoms with Gasteiger partial charge in [-0.2, -0.15) is 0 Å². The number of amides is 1. The Bertz CT molecular complexity index is 386. The number of hydrogen-bond donors (Lipinski definition) is 0. The van der Waals surface area contributed by atoms with Crippen LogP contribution < -0.4 is 0 Å². The van der Waals surface area contributed by atoms with E-state index in [-0.39, 0.29) is 5.91 Å². The molecule has 2 nitrogen and oxygen atoms in total. The second-order valence-corrected chi connectivity index (χ2v) is 4.92. The molecule has 1 atom stereocenters. The van der Waals surface area contributed by atoms with Gasteiger partial charge >= 0.3 is 0 Å². The lowest BCUT2D eigenvalue weighted by Crippen LogP contribution is -2.39. The van der Waals surface area contributed by atoms with E-state index in [1.54, 1.807) is 0 Å². The van der Waals surface area contributed by atoms with E-state index in [1.807, 2.05) is 36.1 Å². The molecule has 0 heterocycles. The van der Waals surface area contributed by atoms with Gasteiger partial charge in [0.25, 0.3) is 5.91 Å². The van der Waals surface area contributed by atoms with E-state index in [2.05, 4.69) is 20.8 Å². The Morgan fingerprint density at radius 2 is 1.94 bits per heavy atom. The summed E-state index contributed by atoms with van der Waals surface area (Å²) in [4.78, 5) is 14.6. The fourth-order valence-corrected chi connectivity index (χ4v) is 2.04. The Morgan fingerprint density at radius 3 is 2.50 bits per heavy atom. The lowest BCUT2D eigenvalue weighted by Gasteiger charge is -2.29. The molecule has 0 saturated heterocycles. The van der Waals surface area contributed by atoms with Crippen LogP contribution in [0.3, 0.4) is 0 Å². The number of aryl methyl sites for hydroxylation is 1. The van der Waals surface area contributed by atoms with Crippen molar-refractivity contribution in [2.75, 3.05) is 6.54 Å². The maximum absolute atomic E-state index is 12.6. The Morgan fingerprint density at radius 1 is 1.28 bits per heavy atom. The second-order valence-electron chi connectivity index (χ2n) is 4.92. The zero-order chi connectivity index (χ0) is 13.5. The van der Waals surface area contributed by atoms with Crippen molar-refractivity contribution in [1.82, 2.24) is 4.90 Å². The van der Waals surface area contributed by atoms with Gasteiger partial charge in [-0.15, -0.1) is 0 Å². The van der Waals surface area contributed by atoms with Gasteiger partial charge in [-0.3, -0.25) is 4.79 Å². The summed E-state index contributed by atoms with van der Waals surface area (Å²) in [6.45, 7) is 9.29. The molecule has 0 aliphatic rings. The molecule has 2 heteroatoms. The summed E-state index contributed by atoms with van der Waals surface area (Å²) >= 11 is 0. The molecule has 1 aromatic carbocycles. The van der Waals surface area contributed by atoms with Crippen molar-refractivity contribution in [1.29, 1.82) is 0 Å². The van der Waals surface area contributed by atoms with Gasteiger partial charge in [-0.1, -0.05) is 38.5 Å². The van der Waals surface area contributed by atoms with Crippen LogP contribution in [0.5, 0.6) is 0 Å². The van der Waals surface area contributed by atoms with E-state index in [0.717, 1.165) is 36.9 Å². The smallest absolute Gasteiger partial charge is 0.254 e. The molecule has 0 radical (unpaired) electrons. The highest BCUT2D eigenvalue weighted by Crippen LogP contribution is 2.15. The molecule has 1 rings (SSSR count). The third-order valence-corrected chi connectivity index (χ3v) is 3.51. The molecule has 0 aliphatic carbocycles. The van der Waals surface area contributed by atoms with Gasteiger partial charge in [0.05, 0.1) is 0 Å². The van der Waals surface area contributed by atoms with Crippen LogP contribution in [0, 0.1) is 6.92 Å². The molecular weight excluding hydrogens is 222 g/mol. The average molecular weight is 247 g/mol. The maximum Gasteiger partial charge on any atom is 0.254 e. The molecule has 0 aliphatic heterocycles. The summed E-state index contributed by atoms with van der Waals surface area (Å²) in [5.41, 5.74) is 1.90. The van der Waals surface area contributed by atoms with Crippen molar-refractivity contribution in [3.63, 3.8) is 0 Å². The number of carbonyl (C=O) groups is 1. The first kappa shape index (κ1) is 14.7. The lowest BCUT2D eigenvalue weighted by atomic mass is 10.1. The summed E-state index contributed by atoms with van der Waals surface area (Å²) in [7, 11) is 0. The molecule has 1 amide bonds. The minimum Gasteiger partial charge on any atom is -0.336 e. The first-order valence-corrected chi connectivity index (χ1v) is 6.98. The standard InChI is InChI=1S/C16H25NO/c1-5-7-12-17(14(4)6-2)16(18)15-11-9-8-10-13(15)3/h8-11,14H,5-7,12H2,1-4H3. The molecule has 0 fully saturated rings.